The van der Waals surface area contributed by atoms with E-state index in [9.17, 15) is 4.79 Å². The van der Waals surface area contributed by atoms with Gasteiger partial charge in [0.1, 0.15) is 0 Å². The second-order valence-electron chi connectivity index (χ2n) is 6.99. The Morgan fingerprint density at radius 1 is 1.17 bits per heavy atom. The highest BCUT2D eigenvalue weighted by Crippen LogP contribution is 2.44. The molecule has 2 aliphatic carbocycles. The molecule has 3 fully saturated rings. The zero-order chi connectivity index (χ0) is 15.8. The third-order valence-corrected chi connectivity index (χ3v) is 6.01. The average molecular weight is 333 g/mol. The summed E-state index contributed by atoms with van der Waals surface area (Å²) >= 11 is 5.60. The molecule has 6 heteroatoms. The summed E-state index contributed by atoms with van der Waals surface area (Å²) < 4.78 is 5.20. The van der Waals surface area contributed by atoms with E-state index in [2.05, 4.69) is 10.2 Å². The van der Waals surface area contributed by atoms with Crippen molar-refractivity contribution in [1.29, 1.82) is 0 Å². The highest BCUT2D eigenvalue weighted by Gasteiger charge is 2.40. The number of rotatable bonds is 2. The fourth-order valence-electron chi connectivity index (χ4n) is 4.34. The van der Waals surface area contributed by atoms with Gasteiger partial charge in [-0.25, -0.2) is 0 Å². The minimum Gasteiger partial charge on any atom is -0.459 e. The first-order chi connectivity index (χ1) is 11.2. The molecule has 0 unspecified atom stereocenters. The lowest BCUT2D eigenvalue weighted by Gasteiger charge is -2.37. The zero-order valence-electron chi connectivity index (χ0n) is 13.2. The van der Waals surface area contributed by atoms with Gasteiger partial charge in [-0.15, -0.1) is 0 Å². The van der Waals surface area contributed by atoms with Gasteiger partial charge in [0, 0.05) is 32.2 Å². The largest absolute Gasteiger partial charge is 0.459 e. The standard InChI is InChI=1S/C17H23N3O2S/c21-16(15-2-1-9-22-15)19-5-7-20(8-6-19)17(23)18-14-11-12-3-4-13(14)10-12/h1-2,9,12-14H,3-8,10-11H2,(H,18,23)/t12-,13-,14-/m1/s1. The molecule has 1 amide bonds. The van der Waals surface area contributed by atoms with Gasteiger partial charge in [-0.05, 0) is 55.4 Å². The fourth-order valence-corrected chi connectivity index (χ4v) is 4.67. The highest BCUT2D eigenvalue weighted by molar-refractivity contribution is 7.80. The van der Waals surface area contributed by atoms with Crippen LogP contribution >= 0.6 is 12.2 Å². The Morgan fingerprint density at radius 2 is 1.96 bits per heavy atom. The van der Waals surface area contributed by atoms with Gasteiger partial charge in [0.25, 0.3) is 5.91 Å². The maximum atomic E-state index is 12.3. The molecule has 0 aromatic carbocycles. The average Bonchev–Trinajstić information content (AvgIpc) is 3.32. The number of carbonyl (C=O) groups is 1. The lowest BCUT2D eigenvalue weighted by molar-refractivity contribution is 0.0658. The first-order valence-electron chi connectivity index (χ1n) is 8.59. The van der Waals surface area contributed by atoms with Crippen LogP contribution in [0.15, 0.2) is 22.8 Å². The van der Waals surface area contributed by atoms with Gasteiger partial charge in [0.2, 0.25) is 0 Å². The molecule has 1 aliphatic heterocycles. The molecule has 3 aliphatic rings. The molecule has 2 heterocycles. The van der Waals surface area contributed by atoms with Gasteiger partial charge >= 0.3 is 0 Å². The predicted molar refractivity (Wildman–Crippen MR) is 91.2 cm³/mol. The van der Waals surface area contributed by atoms with Crippen LogP contribution in [0.2, 0.25) is 0 Å². The third kappa shape index (κ3) is 2.96. The van der Waals surface area contributed by atoms with E-state index in [0.29, 0.717) is 24.9 Å². The van der Waals surface area contributed by atoms with Gasteiger partial charge in [-0.2, -0.15) is 0 Å². The van der Waals surface area contributed by atoms with Crippen molar-refractivity contribution in [3.63, 3.8) is 0 Å². The fraction of sp³-hybridized carbons (Fsp3) is 0.647. The number of nitrogens with zero attached hydrogens (tertiary/aromatic N) is 2. The van der Waals surface area contributed by atoms with Crippen LogP contribution in [0.4, 0.5) is 0 Å². The number of fused-ring (bicyclic) bond motifs is 2. The number of hydrogen-bond acceptors (Lipinski definition) is 3. The third-order valence-electron chi connectivity index (χ3n) is 5.63. The van der Waals surface area contributed by atoms with E-state index in [-0.39, 0.29) is 5.91 Å². The molecule has 1 aromatic rings. The summed E-state index contributed by atoms with van der Waals surface area (Å²) in [5, 5.41) is 4.46. The van der Waals surface area contributed by atoms with Gasteiger partial charge in [-0.3, -0.25) is 4.79 Å². The van der Waals surface area contributed by atoms with E-state index in [1.807, 2.05) is 4.90 Å². The lowest BCUT2D eigenvalue weighted by atomic mass is 9.95. The van der Waals surface area contributed by atoms with E-state index < -0.39 is 0 Å². The van der Waals surface area contributed by atoms with Crippen molar-refractivity contribution in [1.82, 2.24) is 15.1 Å². The summed E-state index contributed by atoms with van der Waals surface area (Å²) in [4.78, 5) is 16.3. The van der Waals surface area contributed by atoms with Crippen LogP contribution in [0.3, 0.4) is 0 Å². The van der Waals surface area contributed by atoms with Gasteiger partial charge in [-0.1, -0.05) is 6.42 Å². The summed E-state index contributed by atoms with van der Waals surface area (Å²) in [7, 11) is 0. The van der Waals surface area contributed by atoms with Crippen LogP contribution in [-0.2, 0) is 0 Å². The van der Waals surface area contributed by atoms with Crippen molar-refractivity contribution >= 4 is 23.2 Å². The zero-order valence-corrected chi connectivity index (χ0v) is 14.1. The summed E-state index contributed by atoms with van der Waals surface area (Å²) in [6.45, 7) is 2.97. The molecule has 1 N–H and O–H groups in total. The second-order valence-corrected chi connectivity index (χ2v) is 7.37. The van der Waals surface area contributed by atoms with Crippen LogP contribution < -0.4 is 5.32 Å². The van der Waals surface area contributed by atoms with Crippen molar-refractivity contribution < 1.29 is 9.21 Å². The van der Waals surface area contributed by atoms with E-state index in [1.165, 1.54) is 31.9 Å². The number of nitrogens with one attached hydrogen (secondary N) is 1. The Bertz CT molecular complexity index is 581. The topological polar surface area (TPSA) is 48.7 Å². The minimum atomic E-state index is -0.0263. The number of thiocarbonyl (C=S) groups is 1. The molecule has 5 nitrogen and oxygen atoms in total. The van der Waals surface area contributed by atoms with Crippen LogP contribution in [0.1, 0.15) is 36.2 Å². The Labute approximate surface area is 142 Å². The van der Waals surface area contributed by atoms with E-state index in [4.69, 9.17) is 16.6 Å². The maximum Gasteiger partial charge on any atom is 0.289 e. The predicted octanol–water partition coefficient (Wildman–Crippen LogP) is 2.10. The quantitative estimate of drug-likeness (QED) is 0.840. The van der Waals surface area contributed by atoms with Crippen molar-refractivity contribution in [3.8, 4) is 0 Å². The molecular weight excluding hydrogens is 310 g/mol. The second kappa shape index (κ2) is 6.15. The Hall–Kier alpha value is -1.56. The van der Waals surface area contributed by atoms with Crippen molar-refractivity contribution in [2.75, 3.05) is 26.2 Å². The normalized spacial score (nSPS) is 29.8. The SMILES string of the molecule is O=C(c1ccco1)N1CCN(C(=S)N[C@@H]2C[C@@H]3CC[C@@H]2C3)CC1. The first kappa shape index (κ1) is 15.0. The Balaban J connectivity index is 1.28. The van der Waals surface area contributed by atoms with Gasteiger partial charge < -0.3 is 19.5 Å². The first-order valence-corrected chi connectivity index (χ1v) is 9.00. The highest BCUT2D eigenvalue weighted by atomic mass is 32.1. The Kier molecular flexibility index (Phi) is 4.01. The monoisotopic (exact) mass is 333 g/mol. The molecule has 1 aromatic heterocycles. The summed E-state index contributed by atoms with van der Waals surface area (Å²) in [5.41, 5.74) is 0. The molecule has 2 bridgehead atoms. The van der Waals surface area contributed by atoms with E-state index in [0.717, 1.165) is 30.0 Å². The molecule has 3 atom stereocenters. The molecule has 1 saturated heterocycles. The lowest BCUT2D eigenvalue weighted by Crippen LogP contribution is -2.55. The smallest absolute Gasteiger partial charge is 0.289 e. The van der Waals surface area contributed by atoms with Crippen LogP contribution in [0.5, 0.6) is 0 Å². The molecule has 4 rings (SSSR count). The Morgan fingerprint density at radius 3 is 2.57 bits per heavy atom. The summed E-state index contributed by atoms with van der Waals surface area (Å²) in [5.74, 6) is 2.13. The van der Waals surface area contributed by atoms with Gasteiger partial charge in [0.15, 0.2) is 10.9 Å². The molecule has 23 heavy (non-hydrogen) atoms. The number of piperazine rings is 1. The van der Waals surface area contributed by atoms with E-state index >= 15 is 0 Å². The summed E-state index contributed by atoms with van der Waals surface area (Å²) in [6.07, 6.45) is 6.96. The minimum absolute atomic E-state index is 0.0263. The number of carbonyl (C=O) groups excluding carboxylic acids is 1. The van der Waals surface area contributed by atoms with Crippen LogP contribution in [0, 0.1) is 11.8 Å². The molecular formula is C17H23N3O2S. The van der Waals surface area contributed by atoms with Crippen molar-refractivity contribution in [3.05, 3.63) is 24.2 Å². The number of hydrogen-bond donors (Lipinski definition) is 1. The van der Waals surface area contributed by atoms with Crippen LogP contribution in [0.25, 0.3) is 0 Å². The number of amides is 1. The molecule has 0 spiro atoms. The van der Waals surface area contributed by atoms with Crippen LogP contribution in [-0.4, -0.2) is 53.0 Å². The molecule has 0 radical (unpaired) electrons. The van der Waals surface area contributed by atoms with Gasteiger partial charge in [0.05, 0.1) is 6.26 Å². The molecule has 2 saturated carbocycles. The summed E-state index contributed by atoms with van der Waals surface area (Å²) in [6, 6.07) is 4.04. The van der Waals surface area contributed by atoms with E-state index in [1.54, 1.807) is 12.1 Å². The number of furan rings is 1. The van der Waals surface area contributed by atoms with Crippen molar-refractivity contribution in [2.45, 2.75) is 31.7 Å². The molecule has 124 valence electrons. The maximum absolute atomic E-state index is 12.3. The van der Waals surface area contributed by atoms with Crippen molar-refractivity contribution in [2.24, 2.45) is 11.8 Å².